The minimum absolute atomic E-state index is 0.00458. The maximum Gasteiger partial charge on any atom is 0.188 e. The van der Waals surface area contributed by atoms with Crippen LogP contribution in [0.3, 0.4) is 0 Å². The average molecular weight is 134 g/mol. The summed E-state index contributed by atoms with van der Waals surface area (Å²) in [6.07, 6.45) is -1.10. The number of halogens is 1. The highest BCUT2D eigenvalue weighted by molar-refractivity contribution is 4.73. The maximum atomic E-state index is 12.6. The molecular weight excluding hydrogens is 123 g/mol. The molecule has 1 aliphatic heterocycles. The van der Waals surface area contributed by atoms with Crippen molar-refractivity contribution in [1.82, 2.24) is 0 Å². The first kappa shape index (κ1) is 6.96. The van der Waals surface area contributed by atoms with E-state index in [4.69, 9.17) is 9.47 Å². The highest BCUT2D eigenvalue weighted by Crippen LogP contribution is 2.22. The Morgan fingerprint density at radius 1 is 1.67 bits per heavy atom. The molecule has 1 heterocycles. The largest absolute Gasteiger partial charge is 0.353 e. The van der Waals surface area contributed by atoms with E-state index in [9.17, 15) is 4.39 Å². The van der Waals surface area contributed by atoms with Gasteiger partial charge in [0, 0.05) is 13.5 Å². The van der Waals surface area contributed by atoms with E-state index in [1.54, 1.807) is 0 Å². The van der Waals surface area contributed by atoms with Gasteiger partial charge in [-0.05, 0) is 6.92 Å². The smallest absolute Gasteiger partial charge is 0.188 e. The second-order valence-electron chi connectivity index (χ2n) is 2.30. The summed E-state index contributed by atoms with van der Waals surface area (Å²) in [5.41, 5.74) is 0. The van der Waals surface area contributed by atoms with Gasteiger partial charge in [-0.2, -0.15) is 0 Å². The lowest BCUT2D eigenvalue weighted by molar-refractivity contribution is -0.131. The van der Waals surface area contributed by atoms with Crippen LogP contribution in [0.2, 0.25) is 0 Å². The molecule has 9 heavy (non-hydrogen) atoms. The highest BCUT2D eigenvalue weighted by atomic mass is 19.1. The summed E-state index contributed by atoms with van der Waals surface area (Å²) in [5.74, 6) is 0. The van der Waals surface area contributed by atoms with Gasteiger partial charge in [-0.15, -0.1) is 0 Å². The highest BCUT2D eigenvalue weighted by Gasteiger charge is 2.32. The number of hydrogen-bond acceptors (Lipinski definition) is 2. The Hall–Kier alpha value is -0.150. The molecule has 1 saturated heterocycles. The zero-order chi connectivity index (χ0) is 6.85. The Morgan fingerprint density at radius 3 is 2.56 bits per heavy atom. The molecule has 0 spiro atoms. The fourth-order valence-electron chi connectivity index (χ4n) is 1.00. The van der Waals surface area contributed by atoms with Crippen molar-refractivity contribution in [3.8, 4) is 0 Å². The van der Waals surface area contributed by atoms with Gasteiger partial charge in [-0.25, -0.2) is 4.39 Å². The first-order chi connectivity index (χ1) is 4.24. The molecule has 0 saturated carbocycles. The van der Waals surface area contributed by atoms with Crippen LogP contribution in [0.25, 0.3) is 0 Å². The van der Waals surface area contributed by atoms with Crippen LogP contribution >= 0.6 is 0 Å². The summed E-state index contributed by atoms with van der Waals surface area (Å²) in [6.45, 7) is 1.84. The van der Waals surface area contributed by atoms with Crippen molar-refractivity contribution in [3.63, 3.8) is 0 Å². The van der Waals surface area contributed by atoms with Crippen molar-refractivity contribution in [2.24, 2.45) is 0 Å². The van der Waals surface area contributed by atoms with E-state index >= 15 is 0 Å². The lowest BCUT2D eigenvalue weighted by Gasteiger charge is -2.08. The third-order valence-electron chi connectivity index (χ3n) is 1.45. The van der Waals surface area contributed by atoms with Gasteiger partial charge in [-0.1, -0.05) is 0 Å². The average Bonchev–Trinajstić information content (AvgIpc) is 2.10. The molecule has 3 unspecified atom stereocenters. The van der Waals surface area contributed by atoms with E-state index in [2.05, 4.69) is 0 Å². The molecular formula is C6H11FO2. The molecule has 0 N–H and O–H groups in total. The molecule has 1 fully saturated rings. The van der Waals surface area contributed by atoms with Crippen LogP contribution in [0.15, 0.2) is 0 Å². The molecule has 3 heteroatoms. The molecule has 1 rings (SSSR count). The number of alkyl halides is 1. The van der Waals surface area contributed by atoms with Crippen molar-refractivity contribution in [2.75, 3.05) is 7.11 Å². The Morgan fingerprint density at radius 2 is 2.33 bits per heavy atom. The van der Waals surface area contributed by atoms with Crippen molar-refractivity contribution >= 4 is 0 Å². The minimum atomic E-state index is -0.940. The predicted molar refractivity (Wildman–Crippen MR) is 30.9 cm³/mol. The summed E-state index contributed by atoms with van der Waals surface area (Å²) in [5, 5.41) is 0. The molecule has 0 amide bonds. The van der Waals surface area contributed by atoms with Crippen molar-refractivity contribution in [3.05, 3.63) is 0 Å². The van der Waals surface area contributed by atoms with E-state index in [0.717, 1.165) is 0 Å². The molecule has 2 nitrogen and oxygen atoms in total. The first-order valence-corrected chi connectivity index (χ1v) is 3.06. The summed E-state index contributed by atoms with van der Waals surface area (Å²) in [4.78, 5) is 0. The van der Waals surface area contributed by atoms with Crippen molar-refractivity contribution in [2.45, 2.75) is 31.9 Å². The summed E-state index contributed by atoms with van der Waals surface area (Å²) in [6, 6.07) is 0. The molecule has 0 aromatic rings. The zero-order valence-corrected chi connectivity index (χ0v) is 5.63. The summed E-state index contributed by atoms with van der Waals surface area (Å²) in [7, 11) is 1.45. The Bertz CT molecular complexity index is 97.1. The normalized spacial score (nSPS) is 43.7. The number of hydrogen-bond donors (Lipinski definition) is 0. The lowest BCUT2D eigenvalue weighted by Crippen LogP contribution is -2.18. The second kappa shape index (κ2) is 2.62. The van der Waals surface area contributed by atoms with E-state index in [1.807, 2.05) is 6.92 Å². The first-order valence-electron chi connectivity index (χ1n) is 3.06. The SMILES string of the molecule is COC1OC(C)CC1F. The monoisotopic (exact) mass is 134 g/mol. The maximum absolute atomic E-state index is 12.6. The molecule has 1 aliphatic rings. The summed E-state index contributed by atoms with van der Waals surface area (Å²) >= 11 is 0. The topological polar surface area (TPSA) is 18.5 Å². The quantitative estimate of drug-likeness (QED) is 0.534. The number of methoxy groups -OCH3 is 1. The third-order valence-corrected chi connectivity index (χ3v) is 1.45. The molecule has 0 aromatic carbocycles. The fraction of sp³-hybridized carbons (Fsp3) is 1.00. The van der Waals surface area contributed by atoms with E-state index in [0.29, 0.717) is 6.42 Å². The van der Waals surface area contributed by atoms with Crippen molar-refractivity contribution < 1.29 is 13.9 Å². The van der Waals surface area contributed by atoms with Crippen LogP contribution in [-0.2, 0) is 9.47 Å². The van der Waals surface area contributed by atoms with Gasteiger partial charge in [0.15, 0.2) is 12.5 Å². The van der Waals surface area contributed by atoms with Crippen LogP contribution in [0.4, 0.5) is 4.39 Å². The fourth-order valence-corrected chi connectivity index (χ4v) is 1.00. The summed E-state index contributed by atoms with van der Waals surface area (Å²) < 4.78 is 22.3. The van der Waals surface area contributed by atoms with Crippen LogP contribution in [0.5, 0.6) is 0 Å². The Labute approximate surface area is 54.0 Å². The molecule has 0 aliphatic carbocycles. The molecule has 54 valence electrons. The molecule has 3 atom stereocenters. The van der Waals surface area contributed by atoms with Crippen molar-refractivity contribution in [1.29, 1.82) is 0 Å². The minimum Gasteiger partial charge on any atom is -0.353 e. The Kier molecular flexibility index (Phi) is 2.03. The zero-order valence-electron chi connectivity index (χ0n) is 5.63. The van der Waals surface area contributed by atoms with Crippen LogP contribution in [-0.4, -0.2) is 25.7 Å². The predicted octanol–water partition coefficient (Wildman–Crippen LogP) is 1.11. The van der Waals surface area contributed by atoms with Gasteiger partial charge < -0.3 is 9.47 Å². The second-order valence-corrected chi connectivity index (χ2v) is 2.30. The molecule has 0 radical (unpaired) electrons. The van der Waals surface area contributed by atoms with Crippen LogP contribution in [0, 0.1) is 0 Å². The van der Waals surface area contributed by atoms with E-state index < -0.39 is 12.5 Å². The van der Waals surface area contributed by atoms with Crippen LogP contribution < -0.4 is 0 Å². The number of ether oxygens (including phenoxy) is 2. The van der Waals surface area contributed by atoms with Gasteiger partial charge in [0.1, 0.15) is 0 Å². The van der Waals surface area contributed by atoms with E-state index in [-0.39, 0.29) is 6.10 Å². The van der Waals surface area contributed by atoms with Gasteiger partial charge in [0.05, 0.1) is 6.10 Å². The van der Waals surface area contributed by atoms with Gasteiger partial charge in [-0.3, -0.25) is 0 Å². The third kappa shape index (κ3) is 1.40. The number of rotatable bonds is 1. The van der Waals surface area contributed by atoms with Gasteiger partial charge in [0.2, 0.25) is 0 Å². The van der Waals surface area contributed by atoms with Gasteiger partial charge >= 0.3 is 0 Å². The molecule has 0 bridgehead atoms. The van der Waals surface area contributed by atoms with Gasteiger partial charge in [0.25, 0.3) is 0 Å². The van der Waals surface area contributed by atoms with E-state index in [1.165, 1.54) is 7.11 Å². The Balaban J connectivity index is 2.38. The lowest BCUT2D eigenvalue weighted by atomic mass is 10.2. The molecule has 0 aromatic heterocycles. The standard InChI is InChI=1S/C6H11FO2/c1-4-3-5(7)6(8-2)9-4/h4-6H,3H2,1-2H3. The van der Waals surface area contributed by atoms with Crippen LogP contribution in [0.1, 0.15) is 13.3 Å².